The van der Waals surface area contributed by atoms with E-state index in [9.17, 15) is 9.59 Å². The summed E-state index contributed by atoms with van der Waals surface area (Å²) >= 11 is 1.93. The fourth-order valence-electron chi connectivity index (χ4n) is 2.22. The smallest absolute Gasteiger partial charge is 0.315 e. The van der Waals surface area contributed by atoms with Crippen molar-refractivity contribution >= 4 is 24.1 Å². The molecular formula is C12H22N2O2S. The fourth-order valence-corrected chi connectivity index (χ4v) is 3.76. The molecule has 2 fully saturated rings. The Morgan fingerprint density at radius 3 is 2.82 bits per heavy atom. The molecule has 0 aromatic carbocycles. The van der Waals surface area contributed by atoms with E-state index >= 15 is 0 Å². The van der Waals surface area contributed by atoms with Gasteiger partial charge in [0.25, 0.3) is 0 Å². The van der Waals surface area contributed by atoms with E-state index in [1.54, 1.807) is 0 Å². The Kier molecular flexibility index (Phi) is 6.40. The quantitative estimate of drug-likeness (QED) is 0.450. The van der Waals surface area contributed by atoms with E-state index in [4.69, 9.17) is 0 Å². The Labute approximate surface area is 107 Å². The normalized spacial score (nSPS) is 29.8. The molecule has 5 heteroatoms. The molecule has 0 spiro atoms. The van der Waals surface area contributed by atoms with Crippen molar-refractivity contribution in [2.45, 2.75) is 56.9 Å². The Hall–Kier alpha value is -0.710. The molecule has 0 saturated carbocycles. The Morgan fingerprint density at radius 2 is 2.12 bits per heavy atom. The number of hydrogen-bond donors (Lipinski definition) is 2. The van der Waals surface area contributed by atoms with Gasteiger partial charge in [-0.2, -0.15) is 11.8 Å². The number of hydrogen-bond acceptors (Lipinski definition) is 3. The van der Waals surface area contributed by atoms with E-state index in [2.05, 4.69) is 10.6 Å². The van der Waals surface area contributed by atoms with Crippen LogP contribution in [-0.2, 0) is 4.79 Å². The molecule has 3 atom stereocenters. The van der Waals surface area contributed by atoms with Crippen molar-refractivity contribution in [3.8, 4) is 0 Å². The molecule has 2 rings (SSSR count). The average molecular weight is 258 g/mol. The summed E-state index contributed by atoms with van der Waals surface area (Å²) < 4.78 is 0. The van der Waals surface area contributed by atoms with Crippen LogP contribution in [0.4, 0.5) is 4.79 Å². The van der Waals surface area contributed by atoms with Crippen molar-refractivity contribution in [3.05, 3.63) is 0 Å². The maximum atomic E-state index is 11.1. The Morgan fingerprint density at radius 1 is 1.35 bits per heavy atom. The van der Waals surface area contributed by atoms with Crippen LogP contribution >= 0.6 is 11.8 Å². The number of amides is 2. The van der Waals surface area contributed by atoms with Gasteiger partial charge < -0.3 is 15.4 Å². The van der Waals surface area contributed by atoms with Gasteiger partial charge >= 0.3 is 6.03 Å². The molecule has 0 bridgehead atoms. The van der Waals surface area contributed by atoms with Crippen LogP contribution in [0.15, 0.2) is 0 Å². The molecule has 2 aliphatic rings. The number of aldehydes is 1. The van der Waals surface area contributed by atoms with Crippen molar-refractivity contribution in [2.75, 3.05) is 5.75 Å². The lowest BCUT2D eigenvalue weighted by atomic mass is 10.0. The van der Waals surface area contributed by atoms with Gasteiger partial charge in [0.1, 0.15) is 6.29 Å². The van der Waals surface area contributed by atoms with Crippen LogP contribution in [0, 0.1) is 0 Å². The summed E-state index contributed by atoms with van der Waals surface area (Å²) in [7, 11) is 0. The largest absolute Gasteiger partial charge is 0.332 e. The first kappa shape index (κ1) is 14.4. The van der Waals surface area contributed by atoms with E-state index < -0.39 is 0 Å². The first-order valence-corrected chi connectivity index (χ1v) is 7.48. The Balaban J connectivity index is 0.000000686. The van der Waals surface area contributed by atoms with E-state index in [0.29, 0.717) is 23.8 Å². The topological polar surface area (TPSA) is 58.2 Å². The number of thioether (sulfide) groups is 1. The van der Waals surface area contributed by atoms with Crippen LogP contribution in [0.25, 0.3) is 0 Å². The highest BCUT2D eigenvalue weighted by atomic mass is 32.2. The van der Waals surface area contributed by atoms with Gasteiger partial charge in [0, 0.05) is 17.4 Å². The molecule has 0 aromatic heterocycles. The molecule has 17 heavy (non-hydrogen) atoms. The highest BCUT2D eigenvalue weighted by molar-refractivity contribution is 8.00. The lowest BCUT2D eigenvalue weighted by Crippen LogP contribution is -2.36. The molecular weight excluding hydrogens is 236 g/mol. The number of nitrogens with one attached hydrogen (secondary N) is 2. The molecule has 4 nitrogen and oxygen atoms in total. The van der Waals surface area contributed by atoms with Crippen LogP contribution in [0.3, 0.4) is 0 Å². The molecule has 0 radical (unpaired) electrons. The predicted molar refractivity (Wildman–Crippen MR) is 71.4 cm³/mol. The van der Waals surface area contributed by atoms with Crippen LogP contribution in [-0.4, -0.2) is 35.4 Å². The fraction of sp³-hybridized carbons (Fsp3) is 0.833. The number of unbranched alkanes of at least 4 members (excludes halogenated alkanes) is 2. The van der Waals surface area contributed by atoms with Gasteiger partial charge in [-0.15, -0.1) is 0 Å². The summed E-state index contributed by atoms with van der Waals surface area (Å²) in [6, 6.07) is 0.598. The second-order valence-electron chi connectivity index (χ2n) is 4.07. The van der Waals surface area contributed by atoms with E-state index in [0.717, 1.165) is 31.3 Å². The molecule has 2 saturated heterocycles. The summed E-state index contributed by atoms with van der Waals surface area (Å²) in [6.07, 6.45) is 4.79. The van der Waals surface area contributed by atoms with Crippen molar-refractivity contribution in [2.24, 2.45) is 0 Å². The minimum atomic E-state index is -0.0248. The zero-order valence-electron chi connectivity index (χ0n) is 10.6. The molecule has 2 aliphatic heterocycles. The second-order valence-corrected chi connectivity index (χ2v) is 5.35. The van der Waals surface area contributed by atoms with Crippen molar-refractivity contribution in [1.82, 2.24) is 10.6 Å². The zero-order chi connectivity index (χ0) is 12.7. The third-order valence-corrected chi connectivity index (χ3v) is 4.51. The van der Waals surface area contributed by atoms with Crippen molar-refractivity contribution in [3.63, 3.8) is 0 Å². The van der Waals surface area contributed by atoms with Crippen molar-refractivity contribution < 1.29 is 9.59 Å². The number of carbonyl (C=O) groups excluding carboxylic acids is 2. The first-order valence-electron chi connectivity index (χ1n) is 6.43. The van der Waals surface area contributed by atoms with Crippen LogP contribution in [0.5, 0.6) is 0 Å². The number of carbonyl (C=O) groups is 2. The van der Waals surface area contributed by atoms with E-state index in [-0.39, 0.29) is 6.03 Å². The third-order valence-electron chi connectivity index (χ3n) is 3.00. The highest BCUT2D eigenvalue weighted by Gasteiger charge is 2.42. The lowest BCUT2D eigenvalue weighted by molar-refractivity contribution is -0.107. The molecule has 2 amide bonds. The molecule has 3 unspecified atom stereocenters. The molecule has 0 aliphatic carbocycles. The van der Waals surface area contributed by atoms with Crippen LogP contribution in [0.1, 0.15) is 39.5 Å². The van der Waals surface area contributed by atoms with Crippen molar-refractivity contribution in [1.29, 1.82) is 0 Å². The van der Waals surface area contributed by atoms with Gasteiger partial charge in [-0.3, -0.25) is 0 Å². The zero-order valence-corrected chi connectivity index (χ0v) is 11.4. The van der Waals surface area contributed by atoms with Gasteiger partial charge in [0.2, 0.25) is 0 Å². The van der Waals surface area contributed by atoms with Crippen LogP contribution < -0.4 is 10.6 Å². The highest BCUT2D eigenvalue weighted by Crippen LogP contribution is 2.33. The number of urea groups is 1. The standard InChI is InChI=1S/C10H16N2O2S.C2H6/c13-5-3-1-2-4-8-9-7(6-15-8)11-10(14)12-9;1-2/h5,7-9H,1-4,6H2,(H2,11,12,14);1-2H3. The maximum absolute atomic E-state index is 11.1. The minimum absolute atomic E-state index is 0.0248. The minimum Gasteiger partial charge on any atom is -0.332 e. The summed E-state index contributed by atoms with van der Waals surface area (Å²) in [6.45, 7) is 4.00. The summed E-state index contributed by atoms with van der Waals surface area (Å²) in [5, 5.41) is 6.42. The molecule has 2 heterocycles. The van der Waals surface area contributed by atoms with Gasteiger partial charge in [0.05, 0.1) is 12.1 Å². The molecule has 2 N–H and O–H groups in total. The van der Waals surface area contributed by atoms with Gasteiger partial charge in [-0.1, -0.05) is 20.3 Å². The van der Waals surface area contributed by atoms with Crippen LogP contribution in [0.2, 0.25) is 0 Å². The maximum Gasteiger partial charge on any atom is 0.315 e. The summed E-state index contributed by atoms with van der Waals surface area (Å²) in [4.78, 5) is 21.3. The van der Waals surface area contributed by atoms with E-state index in [1.165, 1.54) is 0 Å². The average Bonchev–Trinajstić information content (AvgIpc) is 2.87. The van der Waals surface area contributed by atoms with Gasteiger partial charge in [-0.25, -0.2) is 4.79 Å². The predicted octanol–water partition coefficient (Wildman–Crippen LogP) is 1.94. The van der Waals surface area contributed by atoms with Gasteiger partial charge in [0.15, 0.2) is 0 Å². The number of rotatable bonds is 5. The third kappa shape index (κ3) is 3.91. The number of fused-ring (bicyclic) bond motifs is 1. The van der Waals surface area contributed by atoms with E-state index in [1.807, 2.05) is 25.6 Å². The summed E-state index contributed by atoms with van der Waals surface area (Å²) in [5.41, 5.74) is 0. The first-order chi connectivity index (χ1) is 8.31. The monoisotopic (exact) mass is 258 g/mol. The van der Waals surface area contributed by atoms with Gasteiger partial charge in [-0.05, 0) is 12.8 Å². The summed E-state index contributed by atoms with van der Waals surface area (Å²) in [5.74, 6) is 1.02. The lowest BCUT2D eigenvalue weighted by Gasteiger charge is -2.15. The molecule has 0 aromatic rings. The second kappa shape index (κ2) is 7.58. The Bertz CT molecular complexity index is 261. The molecule has 98 valence electrons. The SMILES string of the molecule is CC.O=CCCCCC1SCC2NC(=O)NC21.